The number of rotatable bonds is 3. The number of aromatic nitrogens is 1. The summed E-state index contributed by atoms with van der Waals surface area (Å²) in [5, 5.41) is 0. The Labute approximate surface area is 77.1 Å². The minimum atomic E-state index is -0.268. The van der Waals surface area contributed by atoms with Gasteiger partial charge in [0, 0.05) is 19.3 Å². The number of nitrogens with zero attached hydrogens (tertiary/aromatic N) is 1. The molecule has 1 aromatic heterocycles. The highest BCUT2D eigenvalue weighted by Gasteiger charge is 1.87. The lowest BCUT2D eigenvalue weighted by Gasteiger charge is -1.94. The number of carbonyl (C=O) groups excluding carboxylic acids is 1. The van der Waals surface area contributed by atoms with Gasteiger partial charge in [0.1, 0.15) is 6.61 Å². The van der Waals surface area contributed by atoms with Crippen molar-refractivity contribution in [3.05, 3.63) is 36.2 Å². The molecule has 0 N–H and O–H groups in total. The second kappa shape index (κ2) is 5.09. The number of ether oxygens (including phenoxy) is 1. The first-order valence-electron chi connectivity index (χ1n) is 3.99. The number of hydrogen-bond acceptors (Lipinski definition) is 3. The van der Waals surface area contributed by atoms with Crippen molar-refractivity contribution in [1.29, 1.82) is 0 Å². The van der Waals surface area contributed by atoms with Gasteiger partial charge in [-0.25, -0.2) is 0 Å². The van der Waals surface area contributed by atoms with Gasteiger partial charge in [0.15, 0.2) is 0 Å². The van der Waals surface area contributed by atoms with Gasteiger partial charge in [-0.15, -0.1) is 0 Å². The normalized spacial score (nSPS) is 10.2. The van der Waals surface area contributed by atoms with Crippen molar-refractivity contribution in [2.75, 3.05) is 6.61 Å². The molecule has 0 saturated heterocycles. The van der Waals surface area contributed by atoms with Gasteiger partial charge in [-0.2, -0.15) is 0 Å². The Balaban J connectivity index is 2.37. The fraction of sp³-hybridized carbons (Fsp3) is 0.200. The van der Waals surface area contributed by atoms with Crippen LogP contribution in [0.3, 0.4) is 0 Å². The molecular weight excluding hydrogens is 166 g/mol. The molecule has 0 aliphatic heterocycles. The maximum atomic E-state index is 10.4. The van der Waals surface area contributed by atoms with Crippen molar-refractivity contribution in [3.63, 3.8) is 0 Å². The van der Waals surface area contributed by atoms with E-state index in [-0.39, 0.29) is 5.97 Å². The second-order valence-electron chi connectivity index (χ2n) is 2.49. The summed E-state index contributed by atoms with van der Waals surface area (Å²) in [6.45, 7) is 1.70. The second-order valence-corrected chi connectivity index (χ2v) is 2.49. The molecule has 0 unspecified atom stereocenters. The molecule has 0 amide bonds. The van der Waals surface area contributed by atoms with Crippen LogP contribution in [0.1, 0.15) is 12.5 Å². The van der Waals surface area contributed by atoms with E-state index in [2.05, 4.69) is 4.98 Å². The third-order valence-corrected chi connectivity index (χ3v) is 1.38. The summed E-state index contributed by atoms with van der Waals surface area (Å²) in [7, 11) is 0. The van der Waals surface area contributed by atoms with E-state index in [0.717, 1.165) is 5.56 Å². The SMILES string of the molecule is CC(=O)OC/C=C/c1cccnc1. The van der Waals surface area contributed by atoms with E-state index >= 15 is 0 Å². The van der Waals surface area contributed by atoms with Gasteiger partial charge in [-0.05, 0) is 17.7 Å². The third kappa shape index (κ3) is 4.06. The van der Waals surface area contributed by atoms with Crippen LogP contribution in [-0.2, 0) is 9.53 Å². The van der Waals surface area contributed by atoms with Crippen LogP contribution >= 0.6 is 0 Å². The van der Waals surface area contributed by atoms with Crippen LogP contribution in [0.25, 0.3) is 6.08 Å². The molecule has 0 atom stereocenters. The zero-order valence-corrected chi connectivity index (χ0v) is 7.43. The van der Waals surface area contributed by atoms with E-state index in [0.29, 0.717) is 6.61 Å². The van der Waals surface area contributed by atoms with E-state index in [4.69, 9.17) is 4.74 Å². The molecule has 0 aliphatic carbocycles. The first-order valence-corrected chi connectivity index (χ1v) is 3.99. The van der Waals surface area contributed by atoms with Crippen LogP contribution in [0.4, 0.5) is 0 Å². The predicted molar refractivity (Wildman–Crippen MR) is 49.9 cm³/mol. The molecule has 0 saturated carbocycles. The highest BCUT2D eigenvalue weighted by atomic mass is 16.5. The molecule has 0 radical (unpaired) electrons. The lowest BCUT2D eigenvalue weighted by Crippen LogP contribution is -1.97. The van der Waals surface area contributed by atoms with E-state index in [9.17, 15) is 4.79 Å². The topological polar surface area (TPSA) is 39.2 Å². The highest BCUT2D eigenvalue weighted by molar-refractivity contribution is 5.66. The van der Waals surface area contributed by atoms with Gasteiger partial charge in [0.2, 0.25) is 0 Å². The van der Waals surface area contributed by atoms with Gasteiger partial charge in [-0.1, -0.05) is 12.1 Å². The Morgan fingerprint density at radius 1 is 1.69 bits per heavy atom. The van der Waals surface area contributed by atoms with Crippen LogP contribution in [-0.4, -0.2) is 17.6 Å². The average molecular weight is 177 g/mol. The predicted octanol–water partition coefficient (Wildman–Crippen LogP) is 1.66. The molecule has 13 heavy (non-hydrogen) atoms. The molecule has 0 aromatic carbocycles. The van der Waals surface area contributed by atoms with Gasteiger partial charge in [0.05, 0.1) is 0 Å². The Kier molecular flexibility index (Phi) is 3.70. The molecule has 1 rings (SSSR count). The van der Waals surface area contributed by atoms with Crippen LogP contribution in [0.15, 0.2) is 30.6 Å². The monoisotopic (exact) mass is 177 g/mol. The van der Waals surface area contributed by atoms with Crippen molar-refractivity contribution < 1.29 is 9.53 Å². The summed E-state index contributed by atoms with van der Waals surface area (Å²) in [5.41, 5.74) is 0.995. The molecule has 0 spiro atoms. The highest BCUT2D eigenvalue weighted by Crippen LogP contribution is 1.97. The maximum absolute atomic E-state index is 10.4. The van der Waals surface area contributed by atoms with E-state index in [1.807, 2.05) is 18.2 Å². The minimum Gasteiger partial charge on any atom is -0.462 e. The molecule has 0 bridgehead atoms. The third-order valence-electron chi connectivity index (χ3n) is 1.38. The van der Waals surface area contributed by atoms with Crippen molar-refractivity contribution in [3.8, 4) is 0 Å². The van der Waals surface area contributed by atoms with Gasteiger partial charge >= 0.3 is 5.97 Å². The number of esters is 1. The average Bonchev–Trinajstić information content (AvgIpc) is 2.14. The summed E-state index contributed by atoms with van der Waals surface area (Å²) in [4.78, 5) is 14.3. The van der Waals surface area contributed by atoms with Crippen LogP contribution < -0.4 is 0 Å². The Morgan fingerprint density at radius 2 is 2.54 bits per heavy atom. The molecule has 3 heteroatoms. The molecular formula is C10H11NO2. The first kappa shape index (κ1) is 9.45. The standard InChI is InChI=1S/C10H11NO2/c1-9(12)13-7-3-5-10-4-2-6-11-8-10/h2-6,8H,7H2,1H3/b5-3+. The quantitative estimate of drug-likeness (QED) is 0.659. The first-order chi connectivity index (χ1) is 6.29. The van der Waals surface area contributed by atoms with Gasteiger partial charge < -0.3 is 4.74 Å². The Hall–Kier alpha value is -1.64. The summed E-state index contributed by atoms with van der Waals surface area (Å²) in [6.07, 6.45) is 7.09. The lowest BCUT2D eigenvalue weighted by molar-refractivity contribution is -0.139. The van der Waals surface area contributed by atoms with E-state index in [1.54, 1.807) is 18.5 Å². The molecule has 3 nitrogen and oxygen atoms in total. The minimum absolute atomic E-state index is 0.268. The van der Waals surface area contributed by atoms with Crippen molar-refractivity contribution in [1.82, 2.24) is 4.98 Å². The Morgan fingerprint density at radius 3 is 3.15 bits per heavy atom. The molecule has 68 valence electrons. The summed E-state index contributed by atoms with van der Waals surface area (Å²) in [6, 6.07) is 3.78. The Bertz CT molecular complexity index is 293. The lowest BCUT2D eigenvalue weighted by atomic mass is 10.3. The van der Waals surface area contributed by atoms with Crippen molar-refractivity contribution >= 4 is 12.0 Å². The fourth-order valence-electron chi connectivity index (χ4n) is 0.824. The summed E-state index contributed by atoms with van der Waals surface area (Å²) >= 11 is 0. The van der Waals surface area contributed by atoms with Crippen LogP contribution in [0.5, 0.6) is 0 Å². The number of pyridine rings is 1. The van der Waals surface area contributed by atoms with Crippen molar-refractivity contribution in [2.45, 2.75) is 6.92 Å². The smallest absolute Gasteiger partial charge is 0.302 e. The zero-order chi connectivity index (χ0) is 9.52. The van der Waals surface area contributed by atoms with Crippen LogP contribution in [0.2, 0.25) is 0 Å². The van der Waals surface area contributed by atoms with Gasteiger partial charge in [-0.3, -0.25) is 9.78 Å². The molecule has 1 aromatic rings. The molecule has 1 heterocycles. The largest absolute Gasteiger partial charge is 0.462 e. The van der Waals surface area contributed by atoms with E-state index in [1.165, 1.54) is 6.92 Å². The number of hydrogen-bond donors (Lipinski definition) is 0. The zero-order valence-electron chi connectivity index (χ0n) is 7.43. The fourth-order valence-corrected chi connectivity index (χ4v) is 0.824. The number of carbonyl (C=O) groups is 1. The molecule has 0 fully saturated rings. The summed E-state index contributed by atoms with van der Waals surface area (Å²) in [5.74, 6) is -0.268. The molecule has 0 aliphatic rings. The van der Waals surface area contributed by atoms with Crippen LogP contribution in [0, 0.1) is 0 Å². The van der Waals surface area contributed by atoms with E-state index < -0.39 is 0 Å². The summed E-state index contributed by atoms with van der Waals surface area (Å²) < 4.78 is 4.72. The maximum Gasteiger partial charge on any atom is 0.302 e. The van der Waals surface area contributed by atoms with Crippen molar-refractivity contribution in [2.24, 2.45) is 0 Å². The van der Waals surface area contributed by atoms with Gasteiger partial charge in [0.25, 0.3) is 0 Å².